The lowest BCUT2D eigenvalue weighted by Crippen LogP contribution is -2.16. The lowest BCUT2D eigenvalue weighted by molar-refractivity contribution is 0.0652. The maximum absolute atomic E-state index is 14.0. The van der Waals surface area contributed by atoms with Crippen LogP contribution in [0.5, 0.6) is 17.2 Å². The Morgan fingerprint density at radius 2 is 2.05 bits per heavy atom. The minimum absolute atomic E-state index is 0.0178. The number of nitrogens with zero attached hydrogens (tertiary/aromatic N) is 1. The molecule has 0 saturated carbocycles. The Bertz CT molecular complexity index is 695. The largest absolute Gasteiger partial charge is 0.504 e. The highest BCUT2D eigenvalue weighted by atomic mass is 19.1. The highest BCUT2D eigenvalue weighted by Gasteiger charge is 2.25. The molecule has 0 aliphatic carbocycles. The van der Waals surface area contributed by atoms with E-state index >= 15 is 0 Å². The van der Waals surface area contributed by atoms with Gasteiger partial charge in [0.2, 0.25) is 17.3 Å². The number of aromatic nitrogens is 1. The fourth-order valence-electron chi connectivity index (χ4n) is 1.83. The first-order chi connectivity index (χ1) is 9.58. The zero-order valence-electron chi connectivity index (χ0n) is 9.92. The van der Waals surface area contributed by atoms with Gasteiger partial charge in [0.1, 0.15) is 18.9 Å². The predicted molar refractivity (Wildman–Crippen MR) is 61.5 cm³/mol. The van der Waals surface area contributed by atoms with Crippen molar-refractivity contribution in [1.29, 1.82) is 0 Å². The lowest BCUT2D eigenvalue weighted by atomic mass is 10.1. The molecule has 20 heavy (non-hydrogen) atoms. The Balaban J connectivity index is 2.13. The first kappa shape index (κ1) is 12.3. The molecule has 0 amide bonds. The van der Waals surface area contributed by atoms with Gasteiger partial charge in [-0.1, -0.05) is 5.16 Å². The Hall–Kier alpha value is -2.77. The number of rotatable bonds is 2. The number of phenolic OH excluding ortho intramolecular Hbond substituents is 1. The molecule has 8 heteroatoms. The van der Waals surface area contributed by atoms with Crippen LogP contribution in [-0.4, -0.2) is 34.6 Å². The van der Waals surface area contributed by atoms with Gasteiger partial charge in [-0.3, -0.25) is 0 Å². The van der Waals surface area contributed by atoms with Crippen LogP contribution in [0.15, 0.2) is 16.7 Å². The van der Waals surface area contributed by atoms with Gasteiger partial charge in [-0.2, -0.15) is 4.39 Å². The number of hydrogen-bond acceptors (Lipinski definition) is 6. The second-order valence-corrected chi connectivity index (χ2v) is 3.99. The van der Waals surface area contributed by atoms with Crippen LogP contribution in [0.4, 0.5) is 4.39 Å². The molecule has 0 fully saturated rings. The zero-order valence-corrected chi connectivity index (χ0v) is 9.92. The van der Waals surface area contributed by atoms with E-state index in [1.54, 1.807) is 0 Å². The maximum atomic E-state index is 14.0. The average molecular weight is 281 g/mol. The first-order valence-corrected chi connectivity index (χ1v) is 5.59. The van der Waals surface area contributed by atoms with Crippen LogP contribution in [-0.2, 0) is 0 Å². The third-order valence-electron chi connectivity index (χ3n) is 2.75. The van der Waals surface area contributed by atoms with Crippen LogP contribution in [0, 0.1) is 5.82 Å². The first-order valence-electron chi connectivity index (χ1n) is 5.59. The predicted octanol–water partition coefficient (Wildman–Crippen LogP) is 1.66. The highest BCUT2D eigenvalue weighted by molar-refractivity contribution is 5.86. The summed E-state index contributed by atoms with van der Waals surface area (Å²) in [6.07, 6.45) is 0. The van der Waals surface area contributed by atoms with Crippen molar-refractivity contribution in [3.05, 3.63) is 23.7 Å². The standard InChI is InChI=1S/C12H8FNO6/c13-9-10(15)5(3-7-11(9)19-2-1-18-7)6-4-8(12(16)17)20-14-6/h3-4,15H,1-2H2,(H,16,17). The molecule has 0 bridgehead atoms. The summed E-state index contributed by atoms with van der Waals surface area (Å²) in [5, 5.41) is 22.0. The van der Waals surface area contributed by atoms with Gasteiger partial charge in [-0.05, 0) is 6.07 Å². The SMILES string of the molecule is O=C(O)c1cc(-c2cc3c(c(F)c2O)OCCO3)no1. The molecule has 0 radical (unpaired) electrons. The van der Waals surface area contributed by atoms with E-state index in [-0.39, 0.29) is 36.0 Å². The minimum atomic E-state index is -1.32. The van der Waals surface area contributed by atoms with Crippen molar-refractivity contribution < 1.29 is 33.4 Å². The summed E-state index contributed by atoms with van der Waals surface area (Å²) in [4.78, 5) is 10.7. The van der Waals surface area contributed by atoms with Gasteiger partial charge in [0.25, 0.3) is 0 Å². The number of aromatic hydroxyl groups is 1. The number of fused-ring (bicyclic) bond motifs is 1. The van der Waals surface area contributed by atoms with E-state index in [2.05, 4.69) is 9.68 Å². The van der Waals surface area contributed by atoms with Gasteiger partial charge in [0.05, 0.1) is 5.56 Å². The monoisotopic (exact) mass is 281 g/mol. The van der Waals surface area contributed by atoms with E-state index in [1.165, 1.54) is 6.07 Å². The zero-order chi connectivity index (χ0) is 14.3. The summed E-state index contributed by atoms with van der Waals surface area (Å²) in [5.74, 6) is -3.51. The molecular formula is C12H8FNO6. The lowest BCUT2D eigenvalue weighted by Gasteiger charge is -2.20. The third-order valence-corrected chi connectivity index (χ3v) is 2.75. The summed E-state index contributed by atoms with van der Waals surface area (Å²) in [6.45, 7) is 0.422. The van der Waals surface area contributed by atoms with E-state index in [0.29, 0.717) is 0 Å². The second kappa shape index (κ2) is 4.41. The molecule has 7 nitrogen and oxygen atoms in total. The molecule has 1 aromatic heterocycles. The van der Waals surface area contributed by atoms with Gasteiger partial charge in [-0.25, -0.2) is 4.79 Å². The summed E-state index contributed by atoms with van der Waals surface area (Å²) in [5.41, 5.74) is -0.0567. The van der Waals surface area contributed by atoms with Crippen LogP contribution in [0.1, 0.15) is 10.6 Å². The van der Waals surface area contributed by atoms with Crippen LogP contribution in [0.25, 0.3) is 11.3 Å². The number of aromatic carboxylic acids is 1. The van der Waals surface area contributed by atoms with E-state index in [1.807, 2.05) is 0 Å². The average Bonchev–Trinajstić information content (AvgIpc) is 2.92. The number of halogens is 1. The smallest absolute Gasteiger partial charge is 0.374 e. The van der Waals surface area contributed by atoms with Gasteiger partial charge in [0.15, 0.2) is 11.5 Å². The Labute approximate surface area is 111 Å². The van der Waals surface area contributed by atoms with Gasteiger partial charge in [-0.15, -0.1) is 0 Å². The van der Waals surface area contributed by atoms with Crippen LogP contribution >= 0.6 is 0 Å². The summed E-state index contributed by atoms with van der Waals surface area (Å²) >= 11 is 0. The molecule has 2 aromatic rings. The number of carbonyl (C=O) groups is 1. The molecular weight excluding hydrogens is 273 g/mol. The number of phenols is 1. The molecule has 2 N–H and O–H groups in total. The molecule has 0 unspecified atom stereocenters. The van der Waals surface area contributed by atoms with E-state index in [0.717, 1.165) is 6.07 Å². The van der Waals surface area contributed by atoms with Crippen molar-refractivity contribution in [2.75, 3.05) is 13.2 Å². The van der Waals surface area contributed by atoms with Crippen LogP contribution < -0.4 is 9.47 Å². The molecule has 0 spiro atoms. The summed E-state index contributed by atoms with van der Waals surface area (Å²) in [6, 6.07) is 2.39. The molecule has 3 rings (SSSR count). The fourth-order valence-corrected chi connectivity index (χ4v) is 1.83. The van der Waals surface area contributed by atoms with Crippen molar-refractivity contribution in [3.63, 3.8) is 0 Å². The molecule has 1 aliphatic rings. The molecule has 0 atom stereocenters. The number of hydrogen-bond donors (Lipinski definition) is 2. The van der Waals surface area contributed by atoms with E-state index in [4.69, 9.17) is 14.6 Å². The summed E-state index contributed by atoms with van der Waals surface area (Å²) in [7, 11) is 0. The molecule has 1 aromatic carbocycles. The van der Waals surface area contributed by atoms with E-state index in [9.17, 15) is 14.3 Å². The molecule has 0 saturated heterocycles. The van der Waals surface area contributed by atoms with Crippen LogP contribution in [0.3, 0.4) is 0 Å². The van der Waals surface area contributed by atoms with Gasteiger partial charge >= 0.3 is 5.97 Å². The van der Waals surface area contributed by atoms with Crippen molar-refractivity contribution in [3.8, 4) is 28.5 Å². The number of carboxylic acid groups (broad SMARTS) is 1. The summed E-state index contributed by atoms with van der Waals surface area (Å²) < 4.78 is 28.8. The quantitative estimate of drug-likeness (QED) is 0.862. The van der Waals surface area contributed by atoms with Gasteiger partial charge in [0, 0.05) is 6.07 Å². The van der Waals surface area contributed by atoms with Crippen molar-refractivity contribution in [1.82, 2.24) is 5.16 Å². The van der Waals surface area contributed by atoms with Gasteiger partial charge < -0.3 is 24.2 Å². The number of ether oxygens (including phenoxy) is 2. The Morgan fingerprint density at radius 1 is 1.30 bits per heavy atom. The van der Waals surface area contributed by atoms with Crippen molar-refractivity contribution in [2.24, 2.45) is 0 Å². The Kier molecular flexibility index (Phi) is 2.70. The van der Waals surface area contributed by atoms with Crippen LogP contribution in [0.2, 0.25) is 0 Å². The molecule has 1 aliphatic heterocycles. The second-order valence-electron chi connectivity index (χ2n) is 3.99. The molecule has 2 heterocycles. The maximum Gasteiger partial charge on any atom is 0.374 e. The fraction of sp³-hybridized carbons (Fsp3) is 0.167. The van der Waals surface area contributed by atoms with Crippen molar-refractivity contribution >= 4 is 5.97 Å². The van der Waals surface area contributed by atoms with Crippen molar-refractivity contribution in [2.45, 2.75) is 0 Å². The Morgan fingerprint density at radius 3 is 2.75 bits per heavy atom. The van der Waals surface area contributed by atoms with E-state index < -0.39 is 23.3 Å². The number of carboxylic acids is 1. The number of benzene rings is 1. The topological polar surface area (TPSA) is 102 Å². The highest BCUT2D eigenvalue weighted by Crippen LogP contribution is 2.43. The minimum Gasteiger partial charge on any atom is -0.504 e. The molecule has 104 valence electrons. The third kappa shape index (κ3) is 1.81. The normalized spacial score (nSPS) is 13.2.